The Labute approximate surface area is 244 Å². The number of carbonyl (C=O) groups is 1. The number of hydrogen-bond acceptors (Lipinski definition) is 7. The third-order valence-electron chi connectivity index (χ3n) is 4.76. The molecule has 0 aliphatic carbocycles. The molecule has 0 atom stereocenters. The second-order valence-electron chi connectivity index (χ2n) is 7.38. The van der Waals surface area contributed by atoms with Crippen LogP contribution in [0.25, 0.3) is 0 Å². The van der Waals surface area contributed by atoms with Gasteiger partial charge in [0, 0.05) is 17.1 Å². The van der Waals surface area contributed by atoms with Crippen molar-refractivity contribution in [2.45, 2.75) is 20.1 Å². The number of methoxy groups -OCH3 is 1. The highest BCUT2D eigenvalue weighted by Gasteiger charge is 2.18. The van der Waals surface area contributed by atoms with E-state index in [1.165, 1.54) is 7.11 Å². The van der Waals surface area contributed by atoms with Gasteiger partial charge in [-0.25, -0.2) is 10.4 Å². The summed E-state index contributed by atoms with van der Waals surface area (Å²) in [5, 5.41) is 13.6. The lowest BCUT2D eigenvalue weighted by atomic mass is 10.1. The van der Waals surface area contributed by atoms with Gasteiger partial charge in [-0.3, -0.25) is 4.79 Å². The van der Waals surface area contributed by atoms with Crippen molar-refractivity contribution in [2.24, 2.45) is 5.10 Å². The number of hydrogen-bond donors (Lipinski definition) is 1. The van der Waals surface area contributed by atoms with Gasteiger partial charge in [-0.15, -0.1) is 0 Å². The first kappa shape index (κ1) is 28.3. The van der Waals surface area contributed by atoms with E-state index in [0.717, 1.165) is 24.0 Å². The van der Waals surface area contributed by atoms with Crippen LogP contribution < -0.4 is 14.9 Å². The molecule has 0 aliphatic rings. The summed E-state index contributed by atoms with van der Waals surface area (Å²) in [5.41, 5.74) is 5.77. The molecule has 0 spiro atoms. The Morgan fingerprint density at radius 3 is 2.53 bits per heavy atom. The highest BCUT2D eigenvalue weighted by atomic mass is 127. The molecular formula is C25H21BrI2N4O4. The summed E-state index contributed by atoms with van der Waals surface area (Å²) in [7, 11) is 1.53. The number of benzene rings is 2. The number of ether oxygens (including phenoxy) is 3. The maximum atomic E-state index is 12.3. The first-order chi connectivity index (χ1) is 17.3. The molecule has 0 unspecified atom stereocenters. The molecule has 0 aliphatic heterocycles. The van der Waals surface area contributed by atoms with E-state index >= 15 is 0 Å². The Morgan fingerprint density at radius 1 is 1.19 bits per heavy atom. The molecule has 0 radical (unpaired) electrons. The van der Waals surface area contributed by atoms with E-state index in [2.05, 4.69) is 82.7 Å². The van der Waals surface area contributed by atoms with Crippen molar-refractivity contribution in [3.63, 3.8) is 0 Å². The number of aryl methyl sites for hydroxylation is 1. The summed E-state index contributed by atoms with van der Waals surface area (Å²) in [6.45, 7) is 2.09. The molecule has 2 aromatic carbocycles. The fourth-order valence-corrected chi connectivity index (χ4v) is 5.61. The van der Waals surface area contributed by atoms with E-state index in [0.29, 0.717) is 22.3 Å². The van der Waals surface area contributed by atoms with Gasteiger partial charge < -0.3 is 14.2 Å². The molecule has 0 fully saturated rings. The lowest BCUT2D eigenvalue weighted by Crippen LogP contribution is -2.25. The van der Waals surface area contributed by atoms with E-state index in [1.54, 1.807) is 13.1 Å². The topological polar surface area (TPSA) is 106 Å². The van der Waals surface area contributed by atoms with Crippen LogP contribution in [0.15, 0.2) is 52.0 Å². The van der Waals surface area contributed by atoms with Gasteiger partial charge in [0.2, 0.25) is 5.88 Å². The number of hydrazone groups is 1. The van der Waals surface area contributed by atoms with Gasteiger partial charge in [0.15, 0.2) is 6.61 Å². The van der Waals surface area contributed by atoms with Gasteiger partial charge in [0.25, 0.3) is 5.91 Å². The predicted octanol–water partition coefficient (Wildman–Crippen LogP) is 5.49. The largest absolute Gasteiger partial charge is 0.487 e. The Balaban J connectivity index is 1.60. The monoisotopic (exact) mass is 774 g/mol. The molecule has 1 amide bonds. The second kappa shape index (κ2) is 13.9. The van der Waals surface area contributed by atoms with Gasteiger partial charge in [0.05, 0.1) is 25.7 Å². The molecule has 0 saturated heterocycles. The number of nitrogens with zero attached hydrogens (tertiary/aromatic N) is 3. The van der Waals surface area contributed by atoms with Crippen LogP contribution in [0, 0.1) is 25.4 Å². The molecule has 1 N–H and O–H groups in total. The third kappa shape index (κ3) is 7.61. The van der Waals surface area contributed by atoms with Crippen molar-refractivity contribution in [1.82, 2.24) is 10.4 Å². The fraction of sp³-hybridized carbons (Fsp3) is 0.200. The van der Waals surface area contributed by atoms with Crippen molar-refractivity contribution in [1.29, 1.82) is 5.26 Å². The normalized spacial score (nSPS) is 10.8. The van der Waals surface area contributed by atoms with Crippen molar-refractivity contribution < 1.29 is 19.0 Å². The van der Waals surface area contributed by atoms with Crippen LogP contribution in [0.5, 0.6) is 11.6 Å². The number of halogens is 3. The molecule has 11 heteroatoms. The maximum absolute atomic E-state index is 12.3. The summed E-state index contributed by atoms with van der Waals surface area (Å²) in [6.07, 6.45) is 1.54. The molecule has 3 rings (SSSR count). The minimum Gasteiger partial charge on any atom is -0.487 e. The van der Waals surface area contributed by atoms with Crippen LogP contribution in [0.1, 0.15) is 27.9 Å². The van der Waals surface area contributed by atoms with Gasteiger partial charge in [-0.05, 0) is 91.3 Å². The van der Waals surface area contributed by atoms with Crippen molar-refractivity contribution in [3.8, 4) is 17.7 Å². The summed E-state index contributed by atoms with van der Waals surface area (Å²) >= 11 is 7.85. The Hall–Kier alpha value is -2.28. The number of nitriles is 1. The zero-order valence-corrected chi connectivity index (χ0v) is 25.2. The fourth-order valence-electron chi connectivity index (χ4n) is 3.08. The summed E-state index contributed by atoms with van der Waals surface area (Å²) in [5.74, 6) is 0.380. The van der Waals surface area contributed by atoms with Crippen LogP contribution in [-0.4, -0.2) is 30.8 Å². The summed E-state index contributed by atoms with van der Waals surface area (Å²) in [6, 6.07) is 15.9. The number of rotatable bonds is 10. The van der Waals surface area contributed by atoms with Crippen molar-refractivity contribution in [3.05, 3.63) is 82.0 Å². The molecule has 0 saturated carbocycles. The minimum absolute atomic E-state index is 0.0691. The van der Waals surface area contributed by atoms with Gasteiger partial charge in [-0.1, -0.05) is 30.3 Å². The molecule has 1 heterocycles. The highest BCUT2D eigenvalue weighted by molar-refractivity contribution is 14.1. The summed E-state index contributed by atoms with van der Waals surface area (Å²) < 4.78 is 19.2. The number of aromatic nitrogens is 1. The SMILES string of the molecule is COCc1c(Br)c(C)nc(OCC(=O)N/N=C\c2cc(I)c(OCc3ccccc3)c(I)c2)c1C#N. The summed E-state index contributed by atoms with van der Waals surface area (Å²) in [4.78, 5) is 16.5. The quantitative estimate of drug-likeness (QED) is 0.166. The lowest BCUT2D eigenvalue weighted by Gasteiger charge is -2.13. The first-order valence-corrected chi connectivity index (χ1v) is 13.5. The maximum Gasteiger partial charge on any atom is 0.278 e. The van der Waals surface area contributed by atoms with E-state index < -0.39 is 5.91 Å². The molecule has 186 valence electrons. The van der Waals surface area contributed by atoms with E-state index in [-0.39, 0.29) is 24.7 Å². The zero-order valence-electron chi connectivity index (χ0n) is 19.3. The van der Waals surface area contributed by atoms with E-state index in [4.69, 9.17) is 14.2 Å². The number of amides is 1. The number of carbonyl (C=O) groups excluding carboxylic acids is 1. The first-order valence-electron chi connectivity index (χ1n) is 10.5. The van der Waals surface area contributed by atoms with Crippen LogP contribution >= 0.6 is 61.1 Å². The van der Waals surface area contributed by atoms with Crippen LogP contribution in [0.3, 0.4) is 0 Å². The Kier molecular flexibility index (Phi) is 10.9. The average molecular weight is 775 g/mol. The Bertz CT molecular complexity index is 1290. The van der Waals surface area contributed by atoms with Gasteiger partial charge in [-0.2, -0.15) is 10.4 Å². The average Bonchev–Trinajstić information content (AvgIpc) is 2.86. The minimum atomic E-state index is -0.488. The van der Waals surface area contributed by atoms with Gasteiger partial charge in [0.1, 0.15) is 24.0 Å². The molecule has 0 bridgehead atoms. The van der Waals surface area contributed by atoms with E-state index in [9.17, 15) is 10.1 Å². The molecule has 36 heavy (non-hydrogen) atoms. The van der Waals surface area contributed by atoms with Crippen LogP contribution in [0.2, 0.25) is 0 Å². The molecular weight excluding hydrogens is 754 g/mol. The zero-order chi connectivity index (χ0) is 26.1. The van der Waals surface area contributed by atoms with Crippen molar-refractivity contribution >= 4 is 73.2 Å². The molecule has 3 aromatic rings. The van der Waals surface area contributed by atoms with Gasteiger partial charge >= 0.3 is 0 Å². The molecule has 1 aromatic heterocycles. The second-order valence-corrected chi connectivity index (χ2v) is 10.5. The standard InChI is InChI=1S/C25H21BrI2N4O4/c1-15-23(26)19(13-34-2)18(10-29)25(31-15)36-14-22(33)32-30-11-17-8-20(27)24(21(28)9-17)35-12-16-6-4-3-5-7-16/h3-9,11H,12-14H2,1-2H3,(H,32,33)/b30-11-. The smallest absolute Gasteiger partial charge is 0.278 e. The molecule has 8 nitrogen and oxygen atoms in total. The highest BCUT2D eigenvalue weighted by Crippen LogP contribution is 2.30. The van der Waals surface area contributed by atoms with Crippen LogP contribution in [0.4, 0.5) is 0 Å². The lowest BCUT2D eigenvalue weighted by molar-refractivity contribution is -0.123. The van der Waals surface area contributed by atoms with Crippen molar-refractivity contribution in [2.75, 3.05) is 13.7 Å². The number of nitrogens with one attached hydrogen (secondary N) is 1. The van der Waals surface area contributed by atoms with E-state index in [1.807, 2.05) is 42.5 Å². The third-order valence-corrected chi connectivity index (χ3v) is 7.41. The van der Waals surface area contributed by atoms with Crippen LogP contribution in [-0.2, 0) is 22.7 Å². The number of pyridine rings is 1. The Morgan fingerprint density at radius 2 is 1.89 bits per heavy atom. The predicted molar refractivity (Wildman–Crippen MR) is 156 cm³/mol.